The lowest BCUT2D eigenvalue weighted by Gasteiger charge is -2.25. The first-order chi connectivity index (χ1) is 10.4. The number of hydrogen-bond donors (Lipinski definition) is 2. The number of fused-ring (bicyclic) bond motifs is 1. The summed E-state index contributed by atoms with van der Waals surface area (Å²) < 4.78 is 5.78. The fourth-order valence-electron chi connectivity index (χ4n) is 2.16. The van der Waals surface area contributed by atoms with Crippen molar-refractivity contribution in [3.8, 4) is 5.75 Å². The first-order valence-corrected chi connectivity index (χ1v) is 7.53. The second-order valence-corrected chi connectivity index (χ2v) is 6.46. The van der Waals surface area contributed by atoms with Gasteiger partial charge in [-0.25, -0.2) is 0 Å². The molecule has 0 aliphatic rings. The summed E-state index contributed by atoms with van der Waals surface area (Å²) in [5, 5.41) is 5.03. The molecule has 0 radical (unpaired) electrons. The SMILES string of the molecule is CC(C)(C)[C@H](N)C(=O)NCCOc1cccc2ccccc12. The molecular formula is C18H24N2O2. The molecule has 0 saturated heterocycles. The molecule has 0 heterocycles. The molecule has 0 aromatic heterocycles. The first kappa shape index (κ1) is 16.3. The van der Waals surface area contributed by atoms with Gasteiger partial charge in [-0.2, -0.15) is 0 Å². The minimum atomic E-state index is -0.523. The van der Waals surface area contributed by atoms with E-state index in [1.54, 1.807) is 0 Å². The van der Waals surface area contributed by atoms with E-state index >= 15 is 0 Å². The zero-order valence-electron chi connectivity index (χ0n) is 13.4. The molecule has 1 atom stereocenters. The van der Waals surface area contributed by atoms with E-state index in [2.05, 4.69) is 5.32 Å². The summed E-state index contributed by atoms with van der Waals surface area (Å²) >= 11 is 0. The van der Waals surface area contributed by atoms with Crippen molar-refractivity contribution < 1.29 is 9.53 Å². The van der Waals surface area contributed by atoms with Gasteiger partial charge >= 0.3 is 0 Å². The Bertz CT molecular complexity index is 642. The highest BCUT2D eigenvalue weighted by molar-refractivity contribution is 5.88. The van der Waals surface area contributed by atoms with E-state index in [0.717, 1.165) is 16.5 Å². The van der Waals surface area contributed by atoms with Gasteiger partial charge in [0.2, 0.25) is 5.91 Å². The zero-order valence-corrected chi connectivity index (χ0v) is 13.4. The Hall–Kier alpha value is -2.07. The second-order valence-electron chi connectivity index (χ2n) is 6.46. The molecule has 1 amide bonds. The van der Waals surface area contributed by atoms with E-state index in [-0.39, 0.29) is 11.3 Å². The number of ether oxygens (including phenoxy) is 1. The van der Waals surface area contributed by atoms with Gasteiger partial charge in [-0.3, -0.25) is 4.79 Å². The maximum atomic E-state index is 11.9. The van der Waals surface area contributed by atoms with Crippen molar-refractivity contribution in [2.24, 2.45) is 11.1 Å². The normalized spacial score (nSPS) is 12.9. The van der Waals surface area contributed by atoms with Gasteiger partial charge in [0.15, 0.2) is 0 Å². The highest BCUT2D eigenvalue weighted by Crippen LogP contribution is 2.24. The van der Waals surface area contributed by atoms with Crippen molar-refractivity contribution >= 4 is 16.7 Å². The molecular weight excluding hydrogens is 276 g/mol. The van der Waals surface area contributed by atoms with Crippen molar-refractivity contribution in [2.75, 3.05) is 13.2 Å². The van der Waals surface area contributed by atoms with Crippen LogP contribution in [0.25, 0.3) is 10.8 Å². The molecule has 0 aliphatic heterocycles. The number of nitrogens with two attached hydrogens (primary N) is 1. The van der Waals surface area contributed by atoms with Gasteiger partial charge in [0.25, 0.3) is 0 Å². The summed E-state index contributed by atoms with van der Waals surface area (Å²) in [6.07, 6.45) is 0. The molecule has 0 spiro atoms. The number of rotatable bonds is 5. The summed E-state index contributed by atoms with van der Waals surface area (Å²) in [6.45, 7) is 6.69. The van der Waals surface area contributed by atoms with Gasteiger partial charge in [-0.15, -0.1) is 0 Å². The third-order valence-electron chi connectivity index (χ3n) is 3.62. The van der Waals surface area contributed by atoms with Crippen LogP contribution in [0.2, 0.25) is 0 Å². The van der Waals surface area contributed by atoms with Gasteiger partial charge in [-0.1, -0.05) is 57.2 Å². The molecule has 4 nitrogen and oxygen atoms in total. The van der Waals surface area contributed by atoms with Crippen LogP contribution >= 0.6 is 0 Å². The third-order valence-corrected chi connectivity index (χ3v) is 3.62. The zero-order chi connectivity index (χ0) is 16.2. The van der Waals surface area contributed by atoms with Crippen molar-refractivity contribution in [3.05, 3.63) is 42.5 Å². The summed E-state index contributed by atoms with van der Waals surface area (Å²) in [7, 11) is 0. The van der Waals surface area contributed by atoms with Crippen molar-refractivity contribution in [2.45, 2.75) is 26.8 Å². The lowest BCUT2D eigenvalue weighted by atomic mass is 9.87. The molecule has 118 valence electrons. The predicted molar refractivity (Wildman–Crippen MR) is 89.9 cm³/mol. The fourth-order valence-corrected chi connectivity index (χ4v) is 2.16. The van der Waals surface area contributed by atoms with Crippen molar-refractivity contribution in [3.63, 3.8) is 0 Å². The lowest BCUT2D eigenvalue weighted by Crippen LogP contribution is -2.49. The van der Waals surface area contributed by atoms with Crippen LogP contribution in [-0.2, 0) is 4.79 Å². The van der Waals surface area contributed by atoms with Crippen LogP contribution < -0.4 is 15.8 Å². The highest BCUT2D eigenvalue weighted by Gasteiger charge is 2.26. The van der Waals surface area contributed by atoms with Crippen LogP contribution in [0.3, 0.4) is 0 Å². The van der Waals surface area contributed by atoms with Gasteiger partial charge < -0.3 is 15.8 Å². The average Bonchev–Trinajstić information content (AvgIpc) is 2.49. The Morgan fingerprint density at radius 1 is 1.18 bits per heavy atom. The number of hydrogen-bond acceptors (Lipinski definition) is 3. The molecule has 0 aliphatic carbocycles. The number of amides is 1. The fraction of sp³-hybridized carbons (Fsp3) is 0.389. The molecule has 4 heteroatoms. The van der Waals surface area contributed by atoms with E-state index in [4.69, 9.17) is 10.5 Å². The molecule has 2 rings (SSSR count). The average molecular weight is 300 g/mol. The summed E-state index contributed by atoms with van der Waals surface area (Å²) in [5.41, 5.74) is 5.66. The molecule has 22 heavy (non-hydrogen) atoms. The maximum Gasteiger partial charge on any atom is 0.237 e. The molecule has 0 saturated carbocycles. The van der Waals surface area contributed by atoms with E-state index in [1.165, 1.54) is 0 Å². The van der Waals surface area contributed by atoms with E-state index < -0.39 is 6.04 Å². The van der Waals surface area contributed by atoms with Crippen LogP contribution in [0.1, 0.15) is 20.8 Å². The van der Waals surface area contributed by atoms with Crippen LogP contribution in [0, 0.1) is 5.41 Å². The molecule has 2 aromatic rings. The van der Waals surface area contributed by atoms with Gasteiger partial charge in [0.05, 0.1) is 12.6 Å². The van der Waals surface area contributed by atoms with E-state index in [1.807, 2.05) is 63.2 Å². The van der Waals surface area contributed by atoms with Crippen LogP contribution in [0.5, 0.6) is 5.75 Å². The van der Waals surface area contributed by atoms with Crippen molar-refractivity contribution in [1.29, 1.82) is 0 Å². The standard InChI is InChI=1S/C18H24N2O2/c1-18(2,3)16(19)17(21)20-11-12-22-15-10-6-8-13-7-4-5-9-14(13)15/h4-10,16H,11-12,19H2,1-3H3,(H,20,21)/t16-/m1/s1. The highest BCUT2D eigenvalue weighted by atomic mass is 16.5. The summed E-state index contributed by atoms with van der Waals surface area (Å²) in [4.78, 5) is 11.9. The van der Waals surface area contributed by atoms with E-state index in [0.29, 0.717) is 13.2 Å². The maximum absolute atomic E-state index is 11.9. The molecule has 0 bridgehead atoms. The molecule has 2 aromatic carbocycles. The molecule has 0 fully saturated rings. The minimum Gasteiger partial charge on any atom is -0.491 e. The van der Waals surface area contributed by atoms with Crippen LogP contribution in [0.4, 0.5) is 0 Å². The smallest absolute Gasteiger partial charge is 0.237 e. The Labute approximate surface area is 131 Å². The number of carbonyl (C=O) groups excluding carboxylic acids is 1. The number of benzene rings is 2. The number of carbonyl (C=O) groups is 1. The topological polar surface area (TPSA) is 64.4 Å². The second kappa shape index (κ2) is 6.79. The summed E-state index contributed by atoms with van der Waals surface area (Å²) in [6, 6.07) is 13.5. The largest absolute Gasteiger partial charge is 0.491 e. The predicted octanol–water partition coefficient (Wildman–Crippen LogP) is 2.71. The minimum absolute atomic E-state index is 0.144. The Kier molecular flexibility index (Phi) is 5.03. The van der Waals surface area contributed by atoms with Gasteiger partial charge in [-0.05, 0) is 16.9 Å². The Balaban J connectivity index is 1.87. The van der Waals surface area contributed by atoms with Crippen molar-refractivity contribution in [1.82, 2.24) is 5.32 Å². The lowest BCUT2D eigenvalue weighted by molar-refractivity contribution is -0.124. The van der Waals surface area contributed by atoms with Crippen LogP contribution in [-0.4, -0.2) is 25.1 Å². The van der Waals surface area contributed by atoms with Gasteiger partial charge in [0, 0.05) is 5.39 Å². The van der Waals surface area contributed by atoms with Gasteiger partial charge in [0.1, 0.15) is 12.4 Å². The van der Waals surface area contributed by atoms with E-state index in [9.17, 15) is 4.79 Å². The Morgan fingerprint density at radius 2 is 1.86 bits per heavy atom. The number of nitrogens with one attached hydrogen (secondary N) is 1. The molecule has 3 N–H and O–H groups in total. The monoisotopic (exact) mass is 300 g/mol. The third kappa shape index (κ3) is 3.98. The Morgan fingerprint density at radius 3 is 2.59 bits per heavy atom. The first-order valence-electron chi connectivity index (χ1n) is 7.53. The summed E-state index contributed by atoms with van der Waals surface area (Å²) in [5.74, 6) is 0.682. The molecule has 0 unspecified atom stereocenters. The quantitative estimate of drug-likeness (QED) is 0.835. The van der Waals surface area contributed by atoms with Crippen LogP contribution in [0.15, 0.2) is 42.5 Å².